The molecule has 0 unspecified atom stereocenters. The molecule has 0 N–H and O–H groups in total. The Balaban J connectivity index is 1.39. The molecule has 2 atom stereocenters. The number of aromatic nitrogens is 4. The molecule has 0 amide bonds. The molecule has 0 spiro atoms. The van der Waals surface area contributed by atoms with Crippen LogP contribution in [0.4, 0.5) is 5.69 Å². The average molecular weight is 433 g/mol. The zero-order valence-electron chi connectivity index (χ0n) is 19.0. The molecule has 2 aromatic carbocycles. The van der Waals surface area contributed by atoms with Crippen molar-refractivity contribution in [2.24, 2.45) is 0 Å². The normalized spacial score (nSPS) is 20.6. The largest absolute Gasteiger partial charge is 0.376 e. The molecule has 1 aromatic heterocycles. The number of aryl methyl sites for hydroxylation is 1. The second-order valence-corrected chi connectivity index (χ2v) is 8.91. The lowest BCUT2D eigenvalue weighted by molar-refractivity contribution is 0.0906. The van der Waals surface area contributed by atoms with Crippen molar-refractivity contribution in [1.82, 2.24) is 25.1 Å². The van der Waals surface area contributed by atoms with Gasteiger partial charge in [0, 0.05) is 38.5 Å². The maximum Gasteiger partial charge on any atom is 0.173 e. The number of anilines is 1. The smallest absolute Gasteiger partial charge is 0.173 e. The van der Waals surface area contributed by atoms with Crippen LogP contribution in [0.25, 0.3) is 0 Å². The quantitative estimate of drug-likeness (QED) is 0.595. The summed E-state index contributed by atoms with van der Waals surface area (Å²) in [5.74, 6) is 0.909. The maximum absolute atomic E-state index is 5.86. The number of nitrogens with zero attached hydrogens (tertiary/aromatic N) is 6. The van der Waals surface area contributed by atoms with E-state index in [1.165, 1.54) is 22.4 Å². The predicted molar refractivity (Wildman–Crippen MR) is 125 cm³/mol. The van der Waals surface area contributed by atoms with Gasteiger partial charge in [0.2, 0.25) is 0 Å². The van der Waals surface area contributed by atoms with Crippen molar-refractivity contribution in [3.63, 3.8) is 0 Å². The highest BCUT2D eigenvalue weighted by atomic mass is 16.5. The maximum atomic E-state index is 5.86. The Morgan fingerprint density at radius 3 is 2.56 bits per heavy atom. The molecule has 3 aromatic rings. The Morgan fingerprint density at radius 1 is 1.00 bits per heavy atom. The number of ether oxygens (including phenoxy) is 1. The van der Waals surface area contributed by atoms with Gasteiger partial charge in [-0.3, -0.25) is 4.90 Å². The number of hydrogen-bond acceptors (Lipinski definition) is 6. The Labute approximate surface area is 190 Å². The number of rotatable bonds is 6. The van der Waals surface area contributed by atoms with Crippen LogP contribution in [0.5, 0.6) is 0 Å². The molecule has 0 saturated carbocycles. The predicted octanol–water partition coefficient (Wildman–Crippen LogP) is 3.38. The highest BCUT2D eigenvalue weighted by molar-refractivity contribution is 5.56. The highest BCUT2D eigenvalue weighted by Crippen LogP contribution is 2.30. The van der Waals surface area contributed by atoms with Gasteiger partial charge in [-0.05, 0) is 59.9 Å². The van der Waals surface area contributed by atoms with Crippen LogP contribution in [0.3, 0.4) is 0 Å². The zero-order chi connectivity index (χ0) is 21.9. The number of hydrogen-bond donors (Lipinski definition) is 0. The first kappa shape index (κ1) is 21.1. The van der Waals surface area contributed by atoms with Crippen LogP contribution in [0.1, 0.15) is 41.4 Å². The standard InChI is InChI=1S/C25H32N6O/c1-19-8-6-12-23(20(19)2)29-13-15-30(16-14-29)24(21-9-4-3-5-10-21)25-26-27-28-31(25)18-22-11-7-17-32-22/h3-6,8-10,12,22,24H,7,11,13-18H2,1-2H3/t22-,24+/m0/s1. The second kappa shape index (κ2) is 9.38. The van der Waals surface area contributed by atoms with E-state index >= 15 is 0 Å². The van der Waals surface area contributed by atoms with Crippen LogP contribution in [-0.4, -0.2) is 64.0 Å². The van der Waals surface area contributed by atoms with Crippen molar-refractivity contribution in [1.29, 1.82) is 0 Å². The third-order valence-electron chi connectivity index (χ3n) is 6.92. The van der Waals surface area contributed by atoms with Crippen LogP contribution in [0, 0.1) is 13.8 Å². The first-order valence-electron chi connectivity index (χ1n) is 11.7. The van der Waals surface area contributed by atoms with Crippen molar-refractivity contribution in [2.45, 2.75) is 45.4 Å². The van der Waals surface area contributed by atoms with Crippen molar-refractivity contribution in [3.8, 4) is 0 Å². The summed E-state index contributed by atoms with van der Waals surface area (Å²) in [6, 6.07) is 17.3. The van der Waals surface area contributed by atoms with E-state index < -0.39 is 0 Å². The fourth-order valence-electron chi connectivity index (χ4n) is 4.98. The molecule has 5 rings (SSSR count). The van der Waals surface area contributed by atoms with E-state index in [1.54, 1.807) is 0 Å². The molecule has 2 aliphatic heterocycles. The summed E-state index contributed by atoms with van der Waals surface area (Å²) in [4.78, 5) is 5.03. The Bertz CT molecular complexity index is 1020. The zero-order valence-corrected chi connectivity index (χ0v) is 19.0. The molecular weight excluding hydrogens is 400 g/mol. The van der Waals surface area contributed by atoms with Gasteiger partial charge in [-0.2, -0.15) is 0 Å². The van der Waals surface area contributed by atoms with E-state index in [2.05, 4.69) is 87.7 Å². The van der Waals surface area contributed by atoms with Crippen LogP contribution in [0.2, 0.25) is 0 Å². The summed E-state index contributed by atoms with van der Waals surface area (Å²) in [6.07, 6.45) is 2.39. The van der Waals surface area contributed by atoms with Gasteiger partial charge < -0.3 is 9.64 Å². The molecule has 2 aliphatic rings. The lowest BCUT2D eigenvalue weighted by atomic mass is 10.0. The average Bonchev–Trinajstić information content (AvgIpc) is 3.50. The molecular formula is C25H32N6O. The minimum Gasteiger partial charge on any atom is -0.376 e. The SMILES string of the molecule is Cc1cccc(N2CCN([C@H](c3ccccc3)c3nnnn3C[C@@H]3CCCO3)CC2)c1C. The van der Waals surface area contributed by atoms with Gasteiger partial charge in [-0.15, -0.1) is 5.10 Å². The lowest BCUT2D eigenvalue weighted by Crippen LogP contribution is -2.48. The van der Waals surface area contributed by atoms with Crippen molar-refractivity contribution in [2.75, 3.05) is 37.7 Å². The first-order chi connectivity index (χ1) is 15.7. The Kier molecular flexibility index (Phi) is 6.19. The third kappa shape index (κ3) is 4.27. The number of tetrazole rings is 1. The molecule has 0 radical (unpaired) electrons. The molecule has 168 valence electrons. The summed E-state index contributed by atoms with van der Waals surface area (Å²) in [7, 11) is 0. The minimum absolute atomic E-state index is 0.0355. The summed E-state index contributed by atoms with van der Waals surface area (Å²) in [6.45, 7) is 9.86. The van der Waals surface area contributed by atoms with Crippen LogP contribution in [-0.2, 0) is 11.3 Å². The van der Waals surface area contributed by atoms with Gasteiger partial charge in [0.25, 0.3) is 0 Å². The number of piperazine rings is 1. The van der Waals surface area contributed by atoms with E-state index in [-0.39, 0.29) is 12.1 Å². The Hall–Kier alpha value is -2.77. The van der Waals surface area contributed by atoms with Gasteiger partial charge in [0.05, 0.1) is 18.7 Å². The number of benzene rings is 2. The van der Waals surface area contributed by atoms with Gasteiger partial charge in [-0.1, -0.05) is 42.5 Å². The molecule has 3 heterocycles. The van der Waals surface area contributed by atoms with Crippen LogP contribution >= 0.6 is 0 Å². The van der Waals surface area contributed by atoms with E-state index in [1.807, 2.05) is 4.68 Å². The summed E-state index contributed by atoms with van der Waals surface area (Å²) < 4.78 is 7.82. The topological polar surface area (TPSA) is 59.3 Å². The van der Waals surface area contributed by atoms with Gasteiger partial charge in [0.1, 0.15) is 0 Å². The molecule has 0 aliphatic carbocycles. The molecule has 2 fully saturated rings. The van der Waals surface area contributed by atoms with Crippen molar-refractivity contribution in [3.05, 3.63) is 71.0 Å². The molecule has 32 heavy (non-hydrogen) atoms. The fourth-order valence-corrected chi connectivity index (χ4v) is 4.98. The van der Waals surface area contributed by atoms with Crippen molar-refractivity contribution < 1.29 is 4.74 Å². The van der Waals surface area contributed by atoms with E-state index in [0.29, 0.717) is 6.54 Å². The Morgan fingerprint density at radius 2 is 1.81 bits per heavy atom. The first-order valence-corrected chi connectivity index (χ1v) is 11.7. The van der Waals surface area contributed by atoms with E-state index in [9.17, 15) is 0 Å². The monoisotopic (exact) mass is 432 g/mol. The van der Waals surface area contributed by atoms with Gasteiger partial charge in [-0.25, -0.2) is 4.68 Å². The molecule has 0 bridgehead atoms. The third-order valence-corrected chi connectivity index (χ3v) is 6.92. The van der Waals surface area contributed by atoms with Crippen molar-refractivity contribution >= 4 is 5.69 Å². The summed E-state index contributed by atoms with van der Waals surface area (Å²) in [5.41, 5.74) is 5.31. The van der Waals surface area contributed by atoms with Crippen LogP contribution < -0.4 is 4.90 Å². The minimum atomic E-state index is 0.0355. The lowest BCUT2D eigenvalue weighted by Gasteiger charge is -2.40. The molecule has 7 nitrogen and oxygen atoms in total. The molecule has 7 heteroatoms. The highest BCUT2D eigenvalue weighted by Gasteiger charge is 2.31. The van der Waals surface area contributed by atoms with Crippen LogP contribution in [0.15, 0.2) is 48.5 Å². The summed E-state index contributed by atoms with van der Waals surface area (Å²) >= 11 is 0. The van der Waals surface area contributed by atoms with Gasteiger partial charge >= 0.3 is 0 Å². The fraction of sp³-hybridized carbons (Fsp3) is 0.480. The second-order valence-electron chi connectivity index (χ2n) is 8.91. The molecule has 2 saturated heterocycles. The van der Waals surface area contributed by atoms with Gasteiger partial charge in [0.15, 0.2) is 5.82 Å². The summed E-state index contributed by atoms with van der Waals surface area (Å²) in [5, 5.41) is 12.9. The van der Waals surface area contributed by atoms with E-state index in [0.717, 1.165) is 51.5 Å². The van der Waals surface area contributed by atoms with E-state index in [4.69, 9.17) is 4.74 Å².